The predicted octanol–water partition coefficient (Wildman–Crippen LogP) is 2.52. The fraction of sp³-hybridized carbons (Fsp3) is 0.364. The van der Waals surface area contributed by atoms with Crippen molar-refractivity contribution in [2.24, 2.45) is 5.92 Å². The Morgan fingerprint density at radius 3 is 2.93 bits per heavy atom. The maximum absolute atomic E-state index is 13.2. The molecule has 0 radical (unpaired) electrons. The van der Waals surface area contributed by atoms with E-state index in [-0.39, 0.29) is 23.3 Å². The van der Waals surface area contributed by atoms with Crippen molar-refractivity contribution in [3.8, 4) is 0 Å². The van der Waals surface area contributed by atoms with E-state index in [0.29, 0.717) is 0 Å². The Morgan fingerprint density at radius 1 is 1.47 bits per heavy atom. The zero-order chi connectivity index (χ0) is 10.7. The van der Waals surface area contributed by atoms with E-state index in [0.717, 1.165) is 17.9 Å². The maximum atomic E-state index is 13.2. The van der Waals surface area contributed by atoms with Crippen LogP contribution in [0.4, 0.5) is 10.1 Å². The zero-order valence-corrected chi connectivity index (χ0v) is 9.02. The van der Waals surface area contributed by atoms with Crippen molar-refractivity contribution in [2.45, 2.75) is 6.42 Å². The van der Waals surface area contributed by atoms with Gasteiger partial charge in [-0.15, -0.1) is 0 Å². The summed E-state index contributed by atoms with van der Waals surface area (Å²) in [7, 11) is 0. The van der Waals surface area contributed by atoms with Gasteiger partial charge in [-0.2, -0.15) is 11.8 Å². The summed E-state index contributed by atoms with van der Waals surface area (Å²) in [6.45, 7) is 0. The Labute approximate surface area is 92.3 Å². The van der Waals surface area contributed by atoms with Gasteiger partial charge in [0.05, 0.1) is 5.69 Å². The lowest BCUT2D eigenvalue weighted by Crippen LogP contribution is -2.22. The molecule has 1 aliphatic heterocycles. The number of carbonyl (C=O) groups is 1. The van der Waals surface area contributed by atoms with Gasteiger partial charge in [-0.1, -0.05) is 12.1 Å². The van der Waals surface area contributed by atoms with Crippen molar-refractivity contribution in [3.63, 3.8) is 0 Å². The van der Waals surface area contributed by atoms with Crippen molar-refractivity contribution in [1.82, 2.24) is 0 Å². The fourth-order valence-corrected chi connectivity index (χ4v) is 2.76. The fourth-order valence-electron chi connectivity index (χ4n) is 1.54. The third-order valence-corrected chi connectivity index (χ3v) is 3.59. The van der Waals surface area contributed by atoms with Gasteiger partial charge in [0.1, 0.15) is 5.82 Å². The topological polar surface area (TPSA) is 29.1 Å². The molecule has 1 fully saturated rings. The van der Waals surface area contributed by atoms with Crippen LogP contribution in [0.5, 0.6) is 0 Å². The predicted molar refractivity (Wildman–Crippen MR) is 60.5 cm³/mol. The molecule has 1 saturated heterocycles. The Balaban J connectivity index is 2.02. The molecule has 1 unspecified atom stereocenters. The molecule has 1 aromatic rings. The van der Waals surface area contributed by atoms with Crippen LogP contribution in [-0.2, 0) is 4.79 Å². The van der Waals surface area contributed by atoms with E-state index in [9.17, 15) is 9.18 Å². The Kier molecular flexibility index (Phi) is 3.26. The number of carbonyl (C=O) groups excluding carboxylic acids is 1. The molecule has 1 heterocycles. The summed E-state index contributed by atoms with van der Waals surface area (Å²) in [6.07, 6.45) is 0.894. The van der Waals surface area contributed by atoms with Crippen LogP contribution in [0.15, 0.2) is 24.3 Å². The lowest BCUT2D eigenvalue weighted by atomic mass is 10.1. The molecule has 0 spiro atoms. The average Bonchev–Trinajstić information content (AvgIpc) is 2.74. The number of thioether (sulfide) groups is 1. The van der Waals surface area contributed by atoms with Gasteiger partial charge in [-0.25, -0.2) is 4.39 Å². The molecule has 1 aromatic carbocycles. The highest BCUT2D eigenvalue weighted by atomic mass is 32.2. The number of halogens is 1. The molecule has 15 heavy (non-hydrogen) atoms. The molecule has 1 aliphatic rings. The van der Waals surface area contributed by atoms with Gasteiger partial charge in [0.25, 0.3) is 0 Å². The van der Waals surface area contributed by atoms with Crippen molar-refractivity contribution in [1.29, 1.82) is 0 Å². The number of anilines is 1. The normalized spacial score (nSPS) is 20.2. The van der Waals surface area contributed by atoms with E-state index in [2.05, 4.69) is 5.32 Å². The quantitative estimate of drug-likeness (QED) is 0.838. The number of para-hydroxylation sites is 1. The first-order valence-corrected chi connectivity index (χ1v) is 6.06. The highest BCUT2D eigenvalue weighted by Gasteiger charge is 2.23. The third-order valence-electron chi connectivity index (χ3n) is 2.43. The number of amides is 1. The Bertz CT molecular complexity index is 363. The van der Waals surface area contributed by atoms with Crippen LogP contribution in [-0.4, -0.2) is 17.4 Å². The SMILES string of the molecule is O=C(Nc1ccccc1F)C1CCSC1. The zero-order valence-electron chi connectivity index (χ0n) is 8.20. The first-order valence-electron chi connectivity index (χ1n) is 4.90. The van der Waals surface area contributed by atoms with Gasteiger partial charge < -0.3 is 5.32 Å². The smallest absolute Gasteiger partial charge is 0.228 e. The molecule has 0 aliphatic carbocycles. The molecule has 1 amide bonds. The molecule has 80 valence electrons. The number of hydrogen-bond donors (Lipinski definition) is 1. The lowest BCUT2D eigenvalue weighted by molar-refractivity contribution is -0.119. The van der Waals surface area contributed by atoms with Gasteiger partial charge in [0, 0.05) is 11.7 Å². The van der Waals surface area contributed by atoms with Crippen LogP contribution in [0.2, 0.25) is 0 Å². The summed E-state index contributed by atoms with van der Waals surface area (Å²) in [5.74, 6) is 1.46. The summed E-state index contributed by atoms with van der Waals surface area (Å²) < 4.78 is 13.2. The van der Waals surface area contributed by atoms with Gasteiger partial charge in [0.2, 0.25) is 5.91 Å². The highest BCUT2D eigenvalue weighted by molar-refractivity contribution is 7.99. The van der Waals surface area contributed by atoms with Crippen LogP contribution in [0.1, 0.15) is 6.42 Å². The first-order chi connectivity index (χ1) is 7.27. The van der Waals surface area contributed by atoms with Crippen molar-refractivity contribution < 1.29 is 9.18 Å². The first kappa shape index (κ1) is 10.5. The molecule has 0 aromatic heterocycles. The Hall–Kier alpha value is -1.03. The van der Waals surface area contributed by atoms with E-state index >= 15 is 0 Å². The molecule has 1 atom stereocenters. The summed E-state index contributed by atoms with van der Waals surface area (Å²) in [5.41, 5.74) is 0.277. The molecular formula is C11H12FNOS. The monoisotopic (exact) mass is 225 g/mol. The molecular weight excluding hydrogens is 213 g/mol. The minimum Gasteiger partial charge on any atom is -0.323 e. The van der Waals surface area contributed by atoms with Crippen LogP contribution in [0.25, 0.3) is 0 Å². The van der Waals surface area contributed by atoms with E-state index < -0.39 is 0 Å². The van der Waals surface area contributed by atoms with Gasteiger partial charge in [-0.3, -0.25) is 4.79 Å². The number of nitrogens with one attached hydrogen (secondary N) is 1. The minimum atomic E-state index is -0.378. The summed E-state index contributed by atoms with van der Waals surface area (Å²) in [4.78, 5) is 11.7. The third kappa shape index (κ3) is 2.50. The van der Waals surface area contributed by atoms with Crippen LogP contribution >= 0.6 is 11.8 Å². The van der Waals surface area contributed by atoms with E-state index in [4.69, 9.17) is 0 Å². The van der Waals surface area contributed by atoms with E-state index in [1.165, 1.54) is 6.07 Å². The second-order valence-electron chi connectivity index (χ2n) is 3.53. The molecule has 1 N–H and O–H groups in total. The maximum Gasteiger partial charge on any atom is 0.228 e. The van der Waals surface area contributed by atoms with Crippen molar-refractivity contribution in [3.05, 3.63) is 30.1 Å². The Morgan fingerprint density at radius 2 is 2.27 bits per heavy atom. The van der Waals surface area contributed by atoms with Gasteiger partial charge in [-0.05, 0) is 24.3 Å². The largest absolute Gasteiger partial charge is 0.323 e. The van der Waals surface area contributed by atoms with Crippen LogP contribution in [0.3, 0.4) is 0 Å². The molecule has 4 heteroatoms. The minimum absolute atomic E-state index is 0.0367. The number of benzene rings is 1. The van der Waals surface area contributed by atoms with E-state index in [1.807, 2.05) is 0 Å². The van der Waals surface area contributed by atoms with Crippen molar-refractivity contribution in [2.75, 3.05) is 16.8 Å². The molecule has 0 bridgehead atoms. The van der Waals surface area contributed by atoms with Gasteiger partial charge in [0.15, 0.2) is 0 Å². The van der Waals surface area contributed by atoms with Gasteiger partial charge >= 0.3 is 0 Å². The van der Waals surface area contributed by atoms with Crippen LogP contribution < -0.4 is 5.32 Å². The highest BCUT2D eigenvalue weighted by Crippen LogP contribution is 2.25. The van der Waals surface area contributed by atoms with Crippen LogP contribution in [0, 0.1) is 11.7 Å². The summed E-state index contributed by atoms with van der Waals surface area (Å²) >= 11 is 1.77. The van der Waals surface area contributed by atoms with Crippen molar-refractivity contribution >= 4 is 23.4 Å². The summed E-state index contributed by atoms with van der Waals surface area (Å²) in [6, 6.07) is 6.24. The average molecular weight is 225 g/mol. The second kappa shape index (κ2) is 4.66. The summed E-state index contributed by atoms with van der Waals surface area (Å²) in [5, 5.41) is 2.62. The number of hydrogen-bond acceptors (Lipinski definition) is 2. The van der Waals surface area contributed by atoms with E-state index in [1.54, 1.807) is 30.0 Å². The second-order valence-corrected chi connectivity index (χ2v) is 4.68. The standard InChI is InChI=1S/C11H12FNOS/c12-9-3-1-2-4-10(9)13-11(14)8-5-6-15-7-8/h1-4,8H,5-7H2,(H,13,14). The lowest BCUT2D eigenvalue weighted by Gasteiger charge is -2.10. The number of rotatable bonds is 2. The molecule has 2 rings (SSSR count). The molecule has 0 saturated carbocycles. The molecule has 2 nitrogen and oxygen atoms in total.